The van der Waals surface area contributed by atoms with Crippen molar-refractivity contribution in [1.29, 1.82) is 0 Å². The Morgan fingerprint density at radius 2 is 2.42 bits per heavy atom. The van der Waals surface area contributed by atoms with Crippen LogP contribution in [0.4, 0.5) is 15.0 Å². The number of methoxy groups -OCH3 is 1. The van der Waals surface area contributed by atoms with Crippen LogP contribution in [0, 0.1) is 5.82 Å². The van der Waals surface area contributed by atoms with Crippen LogP contribution < -0.4 is 5.32 Å². The van der Waals surface area contributed by atoms with Gasteiger partial charge in [0.2, 0.25) is 0 Å². The third-order valence-electron chi connectivity index (χ3n) is 1.14. The molecule has 0 unspecified atom stereocenters. The van der Waals surface area contributed by atoms with E-state index < -0.39 is 11.9 Å². The minimum Gasteiger partial charge on any atom is -0.453 e. The maximum absolute atomic E-state index is 12.3. The number of hydrogen-bond donors (Lipinski definition) is 1. The molecule has 0 atom stereocenters. The van der Waals surface area contributed by atoms with Gasteiger partial charge in [-0.05, 0) is 12.1 Å². The van der Waals surface area contributed by atoms with Gasteiger partial charge in [0, 0.05) is 0 Å². The fourth-order valence-corrected chi connectivity index (χ4v) is 0.605. The van der Waals surface area contributed by atoms with Gasteiger partial charge < -0.3 is 4.74 Å². The summed E-state index contributed by atoms with van der Waals surface area (Å²) in [4.78, 5) is 14.2. The van der Waals surface area contributed by atoms with Gasteiger partial charge in [-0.2, -0.15) is 0 Å². The molecule has 4 nitrogen and oxygen atoms in total. The van der Waals surface area contributed by atoms with E-state index >= 15 is 0 Å². The number of rotatable bonds is 1. The van der Waals surface area contributed by atoms with Crippen molar-refractivity contribution in [2.75, 3.05) is 12.4 Å². The number of nitrogens with one attached hydrogen (secondary N) is 1. The molecule has 1 aromatic heterocycles. The smallest absolute Gasteiger partial charge is 0.412 e. The summed E-state index contributed by atoms with van der Waals surface area (Å²) in [7, 11) is 1.23. The summed E-state index contributed by atoms with van der Waals surface area (Å²) >= 11 is 0. The number of hydrogen-bond acceptors (Lipinski definition) is 3. The molecule has 5 heteroatoms. The Morgan fingerprint density at radius 1 is 1.67 bits per heavy atom. The maximum Gasteiger partial charge on any atom is 0.412 e. The van der Waals surface area contributed by atoms with Crippen molar-refractivity contribution in [3.8, 4) is 0 Å². The van der Waals surface area contributed by atoms with Crippen molar-refractivity contribution in [3.05, 3.63) is 24.1 Å². The standard InChI is InChI=1S/C7H7FN2O2/c1-12-7(11)10-6-3-2-5(8)4-9-6/h2-4H,1H3,(H,9,10,11). The average Bonchev–Trinajstić information content (AvgIpc) is 2.09. The Hall–Kier alpha value is -1.65. The van der Waals surface area contributed by atoms with E-state index in [1.165, 1.54) is 19.2 Å². The van der Waals surface area contributed by atoms with E-state index in [0.29, 0.717) is 0 Å². The van der Waals surface area contributed by atoms with E-state index in [1.54, 1.807) is 0 Å². The summed E-state index contributed by atoms with van der Waals surface area (Å²) in [5.41, 5.74) is 0. The van der Waals surface area contributed by atoms with Gasteiger partial charge in [-0.25, -0.2) is 14.2 Å². The topological polar surface area (TPSA) is 51.2 Å². The molecular weight excluding hydrogens is 163 g/mol. The van der Waals surface area contributed by atoms with Crippen LogP contribution in [0.25, 0.3) is 0 Å². The average molecular weight is 170 g/mol. The number of aromatic nitrogens is 1. The van der Waals surface area contributed by atoms with Gasteiger partial charge in [0.05, 0.1) is 13.3 Å². The van der Waals surface area contributed by atoms with Crippen molar-refractivity contribution in [3.63, 3.8) is 0 Å². The monoisotopic (exact) mass is 170 g/mol. The first-order valence-corrected chi connectivity index (χ1v) is 3.19. The zero-order valence-corrected chi connectivity index (χ0v) is 6.37. The molecule has 0 saturated heterocycles. The van der Waals surface area contributed by atoms with Crippen molar-refractivity contribution in [2.45, 2.75) is 0 Å². The summed E-state index contributed by atoms with van der Waals surface area (Å²) in [5, 5.41) is 2.28. The van der Waals surface area contributed by atoms with E-state index in [2.05, 4.69) is 15.0 Å². The van der Waals surface area contributed by atoms with Crippen molar-refractivity contribution < 1.29 is 13.9 Å². The molecule has 0 bridgehead atoms. The second kappa shape index (κ2) is 3.66. The number of halogens is 1. The Labute approximate surface area is 68.4 Å². The maximum atomic E-state index is 12.3. The number of amides is 1. The zero-order chi connectivity index (χ0) is 8.97. The molecular formula is C7H7FN2O2. The van der Waals surface area contributed by atoms with Gasteiger partial charge >= 0.3 is 6.09 Å². The first kappa shape index (κ1) is 8.45. The fourth-order valence-electron chi connectivity index (χ4n) is 0.605. The lowest BCUT2D eigenvalue weighted by Crippen LogP contribution is -2.11. The largest absolute Gasteiger partial charge is 0.453 e. The Kier molecular flexibility index (Phi) is 2.57. The van der Waals surface area contributed by atoms with Crippen LogP contribution in [-0.2, 0) is 4.74 Å². The third-order valence-corrected chi connectivity index (χ3v) is 1.14. The number of ether oxygens (including phenoxy) is 1. The molecule has 1 rings (SSSR count). The van der Waals surface area contributed by atoms with E-state index in [9.17, 15) is 9.18 Å². The molecule has 12 heavy (non-hydrogen) atoms. The van der Waals surface area contributed by atoms with Crippen LogP contribution in [0.1, 0.15) is 0 Å². The Morgan fingerprint density at radius 3 is 2.92 bits per heavy atom. The molecule has 1 amide bonds. The minimum atomic E-state index is -0.630. The fraction of sp³-hybridized carbons (Fsp3) is 0.143. The number of pyridine rings is 1. The highest BCUT2D eigenvalue weighted by atomic mass is 19.1. The number of carbonyl (C=O) groups excluding carboxylic acids is 1. The first-order chi connectivity index (χ1) is 5.72. The number of nitrogens with zero attached hydrogens (tertiary/aromatic N) is 1. The first-order valence-electron chi connectivity index (χ1n) is 3.19. The third kappa shape index (κ3) is 2.19. The van der Waals surface area contributed by atoms with Gasteiger partial charge in [0.1, 0.15) is 11.6 Å². The second-order valence-electron chi connectivity index (χ2n) is 1.98. The molecule has 0 fully saturated rings. The van der Waals surface area contributed by atoms with Gasteiger partial charge in [-0.1, -0.05) is 0 Å². The molecule has 1 aromatic rings. The molecule has 0 spiro atoms. The van der Waals surface area contributed by atoms with E-state index in [1.807, 2.05) is 0 Å². The van der Waals surface area contributed by atoms with E-state index in [-0.39, 0.29) is 5.82 Å². The van der Waals surface area contributed by atoms with E-state index in [0.717, 1.165) is 6.20 Å². The number of anilines is 1. The van der Waals surface area contributed by atoms with Crippen LogP contribution in [0.2, 0.25) is 0 Å². The van der Waals surface area contributed by atoms with Gasteiger partial charge in [-0.15, -0.1) is 0 Å². The van der Waals surface area contributed by atoms with Crippen molar-refractivity contribution in [1.82, 2.24) is 4.98 Å². The predicted octanol–water partition coefficient (Wildman–Crippen LogP) is 1.40. The summed E-state index contributed by atoms with van der Waals surface area (Å²) in [6.07, 6.45) is 0.375. The Bertz CT molecular complexity index is 273. The van der Waals surface area contributed by atoms with Crippen LogP contribution in [0.15, 0.2) is 18.3 Å². The normalized spacial score (nSPS) is 9.17. The molecule has 0 aromatic carbocycles. The molecule has 1 N–H and O–H groups in total. The summed E-state index contributed by atoms with van der Waals surface area (Å²) in [6.45, 7) is 0. The highest BCUT2D eigenvalue weighted by Crippen LogP contribution is 2.03. The van der Waals surface area contributed by atoms with Gasteiger partial charge in [-0.3, -0.25) is 5.32 Å². The zero-order valence-electron chi connectivity index (χ0n) is 6.37. The van der Waals surface area contributed by atoms with Crippen LogP contribution in [0.5, 0.6) is 0 Å². The lowest BCUT2D eigenvalue weighted by Gasteiger charge is -2.00. The Balaban J connectivity index is 2.64. The lowest BCUT2D eigenvalue weighted by atomic mass is 10.4. The quantitative estimate of drug-likeness (QED) is 0.693. The highest BCUT2D eigenvalue weighted by molar-refractivity contribution is 5.82. The minimum absolute atomic E-state index is 0.253. The molecule has 0 aliphatic heterocycles. The molecule has 0 aliphatic carbocycles. The molecule has 0 radical (unpaired) electrons. The van der Waals surface area contributed by atoms with E-state index in [4.69, 9.17) is 0 Å². The SMILES string of the molecule is COC(=O)Nc1ccc(F)cn1. The van der Waals surface area contributed by atoms with Crippen molar-refractivity contribution in [2.24, 2.45) is 0 Å². The molecule has 0 aliphatic rings. The van der Waals surface area contributed by atoms with Crippen LogP contribution in [0.3, 0.4) is 0 Å². The van der Waals surface area contributed by atoms with Gasteiger partial charge in [0.25, 0.3) is 0 Å². The molecule has 64 valence electrons. The van der Waals surface area contributed by atoms with Crippen molar-refractivity contribution >= 4 is 11.9 Å². The summed E-state index contributed by atoms with van der Waals surface area (Å²) < 4.78 is 16.6. The molecule has 1 heterocycles. The summed E-state index contributed by atoms with van der Waals surface area (Å²) in [6, 6.07) is 2.53. The second-order valence-corrected chi connectivity index (χ2v) is 1.98. The van der Waals surface area contributed by atoms with Crippen LogP contribution >= 0.6 is 0 Å². The van der Waals surface area contributed by atoms with Crippen LogP contribution in [-0.4, -0.2) is 18.2 Å². The predicted molar refractivity (Wildman–Crippen MR) is 40.2 cm³/mol. The lowest BCUT2D eigenvalue weighted by molar-refractivity contribution is 0.187. The number of carbonyl (C=O) groups is 1. The molecule has 0 saturated carbocycles. The van der Waals surface area contributed by atoms with Gasteiger partial charge in [0.15, 0.2) is 0 Å². The summed E-state index contributed by atoms with van der Waals surface area (Å²) in [5.74, 6) is -0.200. The highest BCUT2D eigenvalue weighted by Gasteiger charge is 2.00.